The number of hydrogen-bond donors (Lipinski definition) is 2. The predicted molar refractivity (Wildman–Crippen MR) is 144 cm³/mol. The van der Waals surface area contributed by atoms with Gasteiger partial charge in [-0.3, -0.25) is 34.2 Å². The molecule has 0 spiro atoms. The van der Waals surface area contributed by atoms with E-state index in [0.717, 1.165) is 81.4 Å². The molecule has 10 nitrogen and oxygen atoms in total. The molecule has 0 bridgehead atoms. The SMILES string of the molecule is [2H]C1CCN(CCC2CCN(C(=O)Cc3cccc(NC4=CC(=O)N(C5CCC(=O)NC5=O)C4=O)c3)CC2)CC1. The fourth-order valence-corrected chi connectivity index (χ4v) is 5.86. The lowest BCUT2D eigenvalue weighted by Crippen LogP contribution is -2.54. The summed E-state index contributed by atoms with van der Waals surface area (Å²) in [6, 6.07) is 6.18. The monoisotopic (exact) mass is 536 g/mol. The molecular weight excluding hydrogens is 498 g/mol. The molecule has 4 aliphatic heterocycles. The summed E-state index contributed by atoms with van der Waals surface area (Å²) in [6.45, 7) is 4.66. The van der Waals surface area contributed by atoms with E-state index in [1.54, 1.807) is 18.2 Å². The Kier molecular flexibility index (Phi) is 7.99. The van der Waals surface area contributed by atoms with Crippen molar-refractivity contribution in [2.45, 2.75) is 63.8 Å². The number of anilines is 1. The van der Waals surface area contributed by atoms with E-state index in [0.29, 0.717) is 11.6 Å². The fraction of sp³-hybridized carbons (Fsp3) is 0.552. The molecule has 5 amide bonds. The van der Waals surface area contributed by atoms with E-state index < -0.39 is 29.7 Å². The zero-order valence-corrected chi connectivity index (χ0v) is 22.2. The van der Waals surface area contributed by atoms with E-state index in [1.807, 2.05) is 11.0 Å². The maximum atomic E-state index is 13.0. The first-order chi connectivity index (χ1) is 19.3. The van der Waals surface area contributed by atoms with Gasteiger partial charge in [0.1, 0.15) is 11.7 Å². The number of carbonyl (C=O) groups is 5. The molecule has 3 saturated heterocycles. The van der Waals surface area contributed by atoms with Crippen molar-refractivity contribution < 1.29 is 25.3 Å². The number of likely N-dealkylation sites (tertiary alicyclic amines) is 2. The van der Waals surface area contributed by atoms with E-state index in [1.165, 1.54) is 0 Å². The number of piperidine rings is 3. The average Bonchev–Trinajstić information content (AvgIpc) is 3.21. The van der Waals surface area contributed by atoms with Crippen LogP contribution >= 0.6 is 0 Å². The molecule has 1 unspecified atom stereocenters. The molecule has 3 fully saturated rings. The molecule has 39 heavy (non-hydrogen) atoms. The molecule has 208 valence electrons. The van der Waals surface area contributed by atoms with Gasteiger partial charge in [0, 0.05) is 32.6 Å². The van der Waals surface area contributed by atoms with Gasteiger partial charge in [0.15, 0.2) is 0 Å². The number of nitrogens with zero attached hydrogens (tertiary/aromatic N) is 3. The first-order valence-electron chi connectivity index (χ1n) is 14.6. The van der Waals surface area contributed by atoms with Crippen molar-refractivity contribution in [3.63, 3.8) is 0 Å². The highest BCUT2D eigenvalue weighted by Gasteiger charge is 2.42. The van der Waals surface area contributed by atoms with Crippen molar-refractivity contribution in [2.24, 2.45) is 5.92 Å². The van der Waals surface area contributed by atoms with Gasteiger partial charge in [0.25, 0.3) is 11.8 Å². The van der Waals surface area contributed by atoms with Crippen molar-refractivity contribution in [2.75, 3.05) is 38.0 Å². The predicted octanol–water partition coefficient (Wildman–Crippen LogP) is 1.81. The maximum absolute atomic E-state index is 13.0. The molecular formula is C29H37N5O5. The minimum absolute atomic E-state index is 0.0457. The van der Waals surface area contributed by atoms with Crippen LogP contribution in [0.15, 0.2) is 36.0 Å². The van der Waals surface area contributed by atoms with Crippen LogP contribution in [0.3, 0.4) is 0 Å². The topological polar surface area (TPSA) is 119 Å². The number of hydrogen-bond acceptors (Lipinski definition) is 7. The molecule has 4 heterocycles. The van der Waals surface area contributed by atoms with Crippen molar-refractivity contribution in [3.05, 3.63) is 41.6 Å². The zero-order chi connectivity index (χ0) is 28.2. The summed E-state index contributed by atoms with van der Waals surface area (Å²) in [4.78, 5) is 67.4. The summed E-state index contributed by atoms with van der Waals surface area (Å²) < 4.78 is 7.85. The molecule has 0 aromatic heterocycles. The second-order valence-electron chi connectivity index (χ2n) is 10.9. The summed E-state index contributed by atoms with van der Waals surface area (Å²) in [7, 11) is 0. The van der Waals surface area contributed by atoms with Gasteiger partial charge in [0.05, 0.1) is 6.42 Å². The van der Waals surface area contributed by atoms with Gasteiger partial charge >= 0.3 is 0 Å². The lowest BCUT2D eigenvalue weighted by atomic mass is 9.92. The number of amides is 5. The first kappa shape index (κ1) is 25.7. The van der Waals surface area contributed by atoms with Gasteiger partial charge in [-0.15, -0.1) is 0 Å². The second-order valence-corrected chi connectivity index (χ2v) is 10.9. The van der Waals surface area contributed by atoms with Crippen molar-refractivity contribution in [1.29, 1.82) is 0 Å². The van der Waals surface area contributed by atoms with Crippen molar-refractivity contribution in [3.8, 4) is 0 Å². The molecule has 1 atom stereocenters. The van der Waals surface area contributed by atoms with Crippen LogP contribution in [0.4, 0.5) is 5.69 Å². The Bertz CT molecular complexity index is 1200. The van der Waals surface area contributed by atoms with E-state index in [2.05, 4.69) is 15.5 Å². The van der Waals surface area contributed by atoms with Gasteiger partial charge in [-0.1, -0.05) is 18.5 Å². The highest BCUT2D eigenvalue weighted by atomic mass is 16.2. The molecule has 0 aliphatic carbocycles. The molecule has 5 rings (SSSR count). The van der Waals surface area contributed by atoms with Gasteiger partial charge in [-0.05, 0) is 81.8 Å². The van der Waals surface area contributed by atoms with E-state index in [9.17, 15) is 24.0 Å². The molecule has 0 saturated carbocycles. The molecule has 1 aromatic carbocycles. The smallest absolute Gasteiger partial charge is 0.278 e. The largest absolute Gasteiger partial charge is 0.351 e. The highest BCUT2D eigenvalue weighted by molar-refractivity contribution is 6.20. The lowest BCUT2D eigenvalue weighted by molar-refractivity contribution is -0.149. The van der Waals surface area contributed by atoms with Crippen LogP contribution in [-0.2, 0) is 30.4 Å². The third-order valence-electron chi connectivity index (χ3n) is 8.16. The quantitative estimate of drug-likeness (QED) is 0.487. The maximum Gasteiger partial charge on any atom is 0.278 e. The Morgan fingerprint density at radius 2 is 1.82 bits per heavy atom. The Balaban J connectivity index is 1.10. The molecule has 0 radical (unpaired) electrons. The number of benzene rings is 1. The van der Waals surface area contributed by atoms with Crippen molar-refractivity contribution in [1.82, 2.24) is 20.0 Å². The van der Waals surface area contributed by atoms with Gasteiger partial charge in [0.2, 0.25) is 17.7 Å². The second kappa shape index (κ2) is 12.1. The van der Waals surface area contributed by atoms with Crippen LogP contribution in [0.2, 0.25) is 0 Å². The van der Waals surface area contributed by atoms with Gasteiger partial charge < -0.3 is 15.1 Å². The van der Waals surface area contributed by atoms with E-state index >= 15 is 0 Å². The van der Waals surface area contributed by atoms with Crippen LogP contribution < -0.4 is 10.6 Å². The molecule has 10 heteroatoms. The van der Waals surface area contributed by atoms with Crippen LogP contribution in [0.25, 0.3) is 0 Å². The number of nitrogens with one attached hydrogen (secondary N) is 2. The zero-order valence-electron chi connectivity index (χ0n) is 23.2. The third kappa shape index (κ3) is 6.55. The third-order valence-corrected chi connectivity index (χ3v) is 8.16. The standard InChI is InChI=1S/C29H37N5O5/c35-25-8-7-24(28(38)31-25)34-27(37)19-23(29(34)39)30-22-6-4-5-21(17-22)18-26(36)33-15-10-20(11-16-33)9-14-32-12-2-1-3-13-32/h4-6,17,19-20,24,30H,1-3,7-16,18H2,(H,31,35,38)/i1D. The van der Waals surface area contributed by atoms with E-state index in [-0.39, 0.29) is 37.3 Å². The lowest BCUT2D eigenvalue weighted by Gasteiger charge is -2.34. The highest BCUT2D eigenvalue weighted by Crippen LogP contribution is 2.25. The Morgan fingerprint density at radius 1 is 1.05 bits per heavy atom. The molecule has 2 N–H and O–H groups in total. The number of carbonyl (C=O) groups excluding carboxylic acids is 5. The summed E-state index contributed by atoms with van der Waals surface area (Å²) >= 11 is 0. The Hall–Kier alpha value is -3.53. The minimum Gasteiger partial charge on any atom is -0.351 e. The number of rotatable bonds is 8. The van der Waals surface area contributed by atoms with Crippen LogP contribution in [0.1, 0.15) is 58.3 Å². The van der Waals surface area contributed by atoms with Crippen molar-refractivity contribution >= 4 is 35.2 Å². The Labute approximate surface area is 230 Å². The van der Waals surface area contributed by atoms with Crippen LogP contribution in [-0.4, -0.2) is 83.0 Å². The number of imide groups is 2. The summed E-state index contributed by atoms with van der Waals surface area (Å²) in [5.74, 6) is -1.59. The van der Waals surface area contributed by atoms with E-state index in [4.69, 9.17) is 1.37 Å². The molecule has 4 aliphatic rings. The van der Waals surface area contributed by atoms with Gasteiger partial charge in [-0.25, -0.2) is 0 Å². The minimum atomic E-state index is -1.01. The normalized spacial score (nSPS) is 24.1. The van der Waals surface area contributed by atoms with Gasteiger partial charge in [-0.2, -0.15) is 0 Å². The van der Waals surface area contributed by atoms with Crippen LogP contribution in [0, 0.1) is 5.92 Å². The Morgan fingerprint density at radius 3 is 2.56 bits per heavy atom. The summed E-state index contributed by atoms with van der Waals surface area (Å²) in [5.41, 5.74) is 1.41. The summed E-state index contributed by atoms with van der Waals surface area (Å²) in [6.07, 6.45) is 6.78. The fourth-order valence-electron chi connectivity index (χ4n) is 5.86. The summed E-state index contributed by atoms with van der Waals surface area (Å²) in [5, 5.41) is 5.14. The average molecular weight is 537 g/mol. The van der Waals surface area contributed by atoms with Crippen LogP contribution in [0.5, 0.6) is 0 Å². The molecule has 1 aromatic rings. The first-order valence-corrected chi connectivity index (χ1v) is 14.0.